The molecule has 5 heteroatoms. The van der Waals surface area contributed by atoms with Gasteiger partial charge < -0.3 is 15.5 Å². The van der Waals surface area contributed by atoms with Gasteiger partial charge in [-0.25, -0.2) is 0 Å². The van der Waals surface area contributed by atoms with E-state index in [2.05, 4.69) is 10.6 Å². The molecular weight excluding hydrogens is 234 g/mol. The van der Waals surface area contributed by atoms with Crippen LogP contribution in [0.2, 0.25) is 0 Å². The minimum Gasteiger partial charge on any atom is -0.353 e. The Balaban J connectivity index is 2.02. The fourth-order valence-corrected chi connectivity index (χ4v) is 1.99. The Kier molecular flexibility index (Phi) is 3.58. The summed E-state index contributed by atoms with van der Waals surface area (Å²) in [5, 5.41) is 6.56. The molecule has 1 aromatic carbocycles. The third-order valence-electron chi connectivity index (χ3n) is 2.71. The number of anilines is 1. The van der Waals surface area contributed by atoms with Gasteiger partial charge in [0, 0.05) is 18.8 Å². The third kappa shape index (κ3) is 2.94. The van der Waals surface area contributed by atoms with E-state index >= 15 is 0 Å². The molecule has 1 aliphatic heterocycles. The molecule has 17 heavy (non-hydrogen) atoms. The summed E-state index contributed by atoms with van der Waals surface area (Å²) in [6, 6.07) is 7.94. The molecule has 0 atom stereocenters. The van der Waals surface area contributed by atoms with Crippen molar-refractivity contribution in [3.8, 4) is 0 Å². The highest BCUT2D eigenvalue weighted by atomic mass is 32.1. The number of piperazine rings is 1. The highest BCUT2D eigenvalue weighted by Gasteiger charge is 2.18. The van der Waals surface area contributed by atoms with Gasteiger partial charge >= 0.3 is 0 Å². The maximum absolute atomic E-state index is 11.3. The Morgan fingerprint density at radius 2 is 2.24 bits per heavy atom. The van der Waals surface area contributed by atoms with Crippen molar-refractivity contribution in [2.75, 3.05) is 25.0 Å². The summed E-state index contributed by atoms with van der Waals surface area (Å²) in [5.41, 5.74) is 2.12. The van der Waals surface area contributed by atoms with Crippen molar-refractivity contribution in [1.29, 1.82) is 0 Å². The predicted molar refractivity (Wildman–Crippen MR) is 72.0 cm³/mol. The molecule has 0 radical (unpaired) electrons. The Labute approximate surface area is 106 Å². The van der Waals surface area contributed by atoms with Crippen LogP contribution in [0.25, 0.3) is 0 Å². The molecule has 0 unspecified atom stereocenters. The first-order valence-corrected chi connectivity index (χ1v) is 5.96. The SMILES string of the molecule is Cc1ccccc1NC(=S)N1CCNC(=O)C1. The average molecular weight is 249 g/mol. The number of benzene rings is 1. The predicted octanol–water partition coefficient (Wildman–Crippen LogP) is 1.12. The van der Waals surface area contributed by atoms with E-state index < -0.39 is 0 Å². The highest BCUT2D eigenvalue weighted by molar-refractivity contribution is 7.80. The lowest BCUT2D eigenvalue weighted by molar-refractivity contribution is -0.122. The molecule has 0 saturated carbocycles. The molecule has 2 rings (SSSR count). The van der Waals surface area contributed by atoms with Crippen molar-refractivity contribution in [2.24, 2.45) is 0 Å². The van der Waals surface area contributed by atoms with E-state index in [-0.39, 0.29) is 5.91 Å². The second-order valence-corrected chi connectivity index (χ2v) is 4.40. The molecule has 1 fully saturated rings. The van der Waals surface area contributed by atoms with Gasteiger partial charge in [0.2, 0.25) is 5.91 Å². The normalized spacial score (nSPS) is 15.4. The van der Waals surface area contributed by atoms with Crippen LogP contribution >= 0.6 is 12.2 Å². The van der Waals surface area contributed by atoms with Crippen molar-refractivity contribution < 1.29 is 4.79 Å². The number of hydrogen-bond acceptors (Lipinski definition) is 2. The Morgan fingerprint density at radius 3 is 2.94 bits per heavy atom. The van der Waals surface area contributed by atoms with Crippen LogP contribution in [0.3, 0.4) is 0 Å². The van der Waals surface area contributed by atoms with Crippen molar-refractivity contribution in [3.63, 3.8) is 0 Å². The third-order valence-corrected chi connectivity index (χ3v) is 3.07. The molecule has 1 heterocycles. The van der Waals surface area contributed by atoms with Crippen molar-refractivity contribution >= 4 is 28.9 Å². The molecule has 0 aliphatic carbocycles. The van der Waals surface area contributed by atoms with Crippen molar-refractivity contribution in [1.82, 2.24) is 10.2 Å². The largest absolute Gasteiger partial charge is 0.353 e. The second-order valence-electron chi connectivity index (χ2n) is 4.02. The lowest BCUT2D eigenvalue weighted by atomic mass is 10.2. The van der Waals surface area contributed by atoms with Gasteiger partial charge in [-0.3, -0.25) is 4.79 Å². The van der Waals surface area contributed by atoms with Crippen LogP contribution < -0.4 is 10.6 Å². The first kappa shape index (κ1) is 11.9. The fourth-order valence-electron chi connectivity index (χ4n) is 1.72. The van der Waals surface area contributed by atoms with Gasteiger partial charge in [-0.1, -0.05) is 18.2 Å². The average Bonchev–Trinajstić information content (AvgIpc) is 2.32. The zero-order chi connectivity index (χ0) is 12.3. The highest BCUT2D eigenvalue weighted by Crippen LogP contribution is 2.14. The zero-order valence-corrected chi connectivity index (χ0v) is 10.5. The topological polar surface area (TPSA) is 44.4 Å². The summed E-state index contributed by atoms with van der Waals surface area (Å²) in [6.07, 6.45) is 0. The number of thiocarbonyl (C=S) groups is 1. The first-order chi connectivity index (χ1) is 8.16. The van der Waals surface area contributed by atoms with E-state index in [9.17, 15) is 4.79 Å². The standard InChI is InChI=1S/C12H15N3OS/c1-9-4-2-3-5-10(9)14-12(17)15-7-6-13-11(16)8-15/h2-5H,6-8H2,1H3,(H,13,16)(H,14,17). The second kappa shape index (κ2) is 5.14. The minimum absolute atomic E-state index is 0.0187. The van der Waals surface area contributed by atoms with E-state index in [1.54, 1.807) is 0 Å². The summed E-state index contributed by atoms with van der Waals surface area (Å²) in [4.78, 5) is 13.1. The van der Waals surface area contributed by atoms with Gasteiger partial charge in [0.25, 0.3) is 0 Å². The molecule has 1 aliphatic rings. The molecule has 1 saturated heterocycles. The first-order valence-electron chi connectivity index (χ1n) is 5.55. The van der Waals surface area contributed by atoms with E-state index in [1.807, 2.05) is 36.1 Å². The summed E-state index contributed by atoms with van der Waals surface area (Å²) in [5.74, 6) is 0.0187. The summed E-state index contributed by atoms with van der Waals surface area (Å²) in [6.45, 7) is 3.75. The maximum Gasteiger partial charge on any atom is 0.239 e. The fraction of sp³-hybridized carbons (Fsp3) is 0.333. The summed E-state index contributed by atoms with van der Waals surface area (Å²) >= 11 is 5.30. The lowest BCUT2D eigenvalue weighted by Crippen LogP contribution is -2.51. The van der Waals surface area contributed by atoms with Crippen LogP contribution in [-0.2, 0) is 4.79 Å². The molecule has 4 nitrogen and oxygen atoms in total. The smallest absolute Gasteiger partial charge is 0.239 e. The summed E-state index contributed by atoms with van der Waals surface area (Å²) in [7, 11) is 0. The lowest BCUT2D eigenvalue weighted by Gasteiger charge is -2.29. The van der Waals surface area contributed by atoms with Gasteiger partial charge in [0.15, 0.2) is 5.11 Å². The van der Waals surface area contributed by atoms with Crippen molar-refractivity contribution in [3.05, 3.63) is 29.8 Å². The zero-order valence-electron chi connectivity index (χ0n) is 9.69. The Morgan fingerprint density at radius 1 is 1.47 bits per heavy atom. The molecule has 0 spiro atoms. The molecule has 2 N–H and O–H groups in total. The van der Waals surface area contributed by atoms with Crippen LogP contribution in [0.5, 0.6) is 0 Å². The van der Waals surface area contributed by atoms with Gasteiger partial charge in [0.1, 0.15) is 0 Å². The summed E-state index contributed by atoms with van der Waals surface area (Å²) < 4.78 is 0. The van der Waals surface area contributed by atoms with Crippen LogP contribution in [0.1, 0.15) is 5.56 Å². The number of amides is 1. The van der Waals surface area contributed by atoms with Crippen LogP contribution in [-0.4, -0.2) is 35.6 Å². The molecule has 1 amide bonds. The molecule has 0 bridgehead atoms. The Hall–Kier alpha value is -1.62. The number of carbonyl (C=O) groups is 1. The van der Waals surface area contributed by atoms with Crippen LogP contribution in [0, 0.1) is 6.92 Å². The van der Waals surface area contributed by atoms with Gasteiger partial charge in [0.05, 0.1) is 6.54 Å². The van der Waals surface area contributed by atoms with E-state index in [1.165, 1.54) is 0 Å². The number of carbonyl (C=O) groups excluding carboxylic acids is 1. The van der Waals surface area contributed by atoms with E-state index in [4.69, 9.17) is 12.2 Å². The number of hydrogen-bond donors (Lipinski definition) is 2. The van der Waals surface area contributed by atoms with E-state index in [0.717, 1.165) is 17.8 Å². The molecule has 1 aromatic rings. The quantitative estimate of drug-likeness (QED) is 0.732. The van der Waals surface area contributed by atoms with Crippen molar-refractivity contribution in [2.45, 2.75) is 6.92 Å². The molecule has 90 valence electrons. The van der Waals surface area contributed by atoms with Gasteiger partial charge in [-0.15, -0.1) is 0 Å². The van der Waals surface area contributed by atoms with Gasteiger partial charge in [-0.05, 0) is 30.8 Å². The molecule has 0 aromatic heterocycles. The number of rotatable bonds is 1. The Bertz CT molecular complexity index is 447. The van der Waals surface area contributed by atoms with Crippen LogP contribution in [0.15, 0.2) is 24.3 Å². The number of aryl methyl sites for hydroxylation is 1. The van der Waals surface area contributed by atoms with E-state index in [0.29, 0.717) is 18.2 Å². The number of para-hydroxylation sites is 1. The monoisotopic (exact) mass is 249 g/mol. The molecular formula is C12H15N3OS. The number of nitrogens with one attached hydrogen (secondary N) is 2. The van der Waals surface area contributed by atoms with Crippen LogP contribution in [0.4, 0.5) is 5.69 Å². The van der Waals surface area contributed by atoms with Gasteiger partial charge in [-0.2, -0.15) is 0 Å². The maximum atomic E-state index is 11.3. The minimum atomic E-state index is 0.0187. The number of nitrogens with zero attached hydrogens (tertiary/aromatic N) is 1.